The zero-order chi connectivity index (χ0) is 19.7. The summed E-state index contributed by atoms with van der Waals surface area (Å²) in [6, 6.07) is 11.9. The lowest BCUT2D eigenvalue weighted by Gasteiger charge is -2.09. The van der Waals surface area contributed by atoms with Crippen molar-refractivity contribution in [1.29, 1.82) is 0 Å². The molecule has 2 rings (SSSR count). The standard InChI is InChI=1S/C19H23FN2O4S/c1-26-14-4-12-21-19(23)16-7-9-17(10-8-16)27(24,25)22-13-11-15-5-2-3-6-18(15)20/h2-3,5-10,22H,4,11-14H2,1H3,(H,21,23). The van der Waals surface area contributed by atoms with Gasteiger partial charge in [-0.05, 0) is 48.7 Å². The number of hydrogen-bond donors (Lipinski definition) is 2. The molecule has 0 radical (unpaired) electrons. The fourth-order valence-corrected chi connectivity index (χ4v) is 3.44. The van der Waals surface area contributed by atoms with E-state index in [1.54, 1.807) is 25.3 Å². The predicted molar refractivity (Wildman–Crippen MR) is 101 cm³/mol. The maximum absolute atomic E-state index is 13.6. The van der Waals surface area contributed by atoms with Crippen molar-refractivity contribution in [2.24, 2.45) is 0 Å². The molecule has 0 aromatic heterocycles. The highest BCUT2D eigenvalue weighted by Crippen LogP contribution is 2.11. The summed E-state index contributed by atoms with van der Waals surface area (Å²) >= 11 is 0. The normalized spacial score (nSPS) is 11.3. The van der Waals surface area contributed by atoms with Crippen LogP contribution in [0.4, 0.5) is 4.39 Å². The number of methoxy groups -OCH3 is 1. The zero-order valence-corrected chi connectivity index (χ0v) is 15.9. The molecule has 6 nitrogen and oxygen atoms in total. The van der Waals surface area contributed by atoms with Crippen LogP contribution >= 0.6 is 0 Å². The summed E-state index contributed by atoms with van der Waals surface area (Å²) in [7, 11) is -2.14. The molecule has 0 aliphatic carbocycles. The van der Waals surface area contributed by atoms with Crippen LogP contribution in [0.3, 0.4) is 0 Å². The van der Waals surface area contributed by atoms with Crippen molar-refractivity contribution in [1.82, 2.24) is 10.0 Å². The van der Waals surface area contributed by atoms with Gasteiger partial charge in [0.05, 0.1) is 4.90 Å². The molecular formula is C19H23FN2O4S. The summed E-state index contributed by atoms with van der Waals surface area (Å²) in [5, 5.41) is 2.73. The van der Waals surface area contributed by atoms with Gasteiger partial charge in [0, 0.05) is 32.4 Å². The van der Waals surface area contributed by atoms with Crippen LogP contribution in [-0.2, 0) is 21.2 Å². The van der Waals surface area contributed by atoms with E-state index in [2.05, 4.69) is 10.0 Å². The van der Waals surface area contributed by atoms with Crippen molar-refractivity contribution >= 4 is 15.9 Å². The topological polar surface area (TPSA) is 84.5 Å². The molecule has 2 N–H and O–H groups in total. The van der Waals surface area contributed by atoms with Gasteiger partial charge in [0.15, 0.2) is 0 Å². The SMILES string of the molecule is COCCCNC(=O)c1ccc(S(=O)(=O)NCCc2ccccc2F)cc1. The summed E-state index contributed by atoms with van der Waals surface area (Å²) in [6.07, 6.45) is 0.939. The van der Waals surface area contributed by atoms with Crippen LogP contribution in [-0.4, -0.2) is 41.1 Å². The molecule has 0 aliphatic rings. The number of nitrogens with one attached hydrogen (secondary N) is 2. The Kier molecular flexibility index (Phi) is 7.90. The van der Waals surface area contributed by atoms with E-state index in [0.717, 1.165) is 0 Å². The van der Waals surface area contributed by atoms with Crippen molar-refractivity contribution in [3.63, 3.8) is 0 Å². The maximum Gasteiger partial charge on any atom is 0.251 e. The summed E-state index contributed by atoms with van der Waals surface area (Å²) in [4.78, 5) is 12.0. The van der Waals surface area contributed by atoms with E-state index in [0.29, 0.717) is 30.7 Å². The van der Waals surface area contributed by atoms with E-state index in [1.807, 2.05) is 0 Å². The van der Waals surface area contributed by atoms with E-state index >= 15 is 0 Å². The molecule has 0 fully saturated rings. The molecule has 0 spiro atoms. The Morgan fingerprint density at radius 1 is 1.07 bits per heavy atom. The van der Waals surface area contributed by atoms with Gasteiger partial charge in [-0.15, -0.1) is 0 Å². The Bertz CT molecular complexity index is 854. The number of amides is 1. The first-order chi connectivity index (χ1) is 12.9. The molecule has 8 heteroatoms. The van der Waals surface area contributed by atoms with Crippen LogP contribution in [0.1, 0.15) is 22.3 Å². The zero-order valence-electron chi connectivity index (χ0n) is 15.1. The van der Waals surface area contributed by atoms with Gasteiger partial charge in [-0.1, -0.05) is 18.2 Å². The van der Waals surface area contributed by atoms with E-state index in [4.69, 9.17) is 4.74 Å². The van der Waals surface area contributed by atoms with Gasteiger partial charge in [-0.2, -0.15) is 0 Å². The first-order valence-electron chi connectivity index (χ1n) is 8.54. The molecule has 0 unspecified atom stereocenters. The summed E-state index contributed by atoms with van der Waals surface area (Å²) in [5.74, 6) is -0.639. The molecule has 1 amide bonds. The first kappa shape index (κ1) is 21.0. The molecule has 146 valence electrons. The third-order valence-corrected chi connectivity index (χ3v) is 5.36. The van der Waals surface area contributed by atoms with Crippen LogP contribution in [0, 0.1) is 5.82 Å². The number of carbonyl (C=O) groups excluding carboxylic acids is 1. The predicted octanol–water partition coefficient (Wildman–Crippen LogP) is 2.11. The summed E-state index contributed by atoms with van der Waals surface area (Å²) in [6.45, 7) is 1.10. The molecule has 0 aliphatic heterocycles. The second-order valence-electron chi connectivity index (χ2n) is 5.87. The minimum Gasteiger partial charge on any atom is -0.385 e. The van der Waals surface area contributed by atoms with Crippen LogP contribution in [0.25, 0.3) is 0 Å². The third-order valence-electron chi connectivity index (χ3n) is 3.88. The molecular weight excluding hydrogens is 371 g/mol. The van der Waals surface area contributed by atoms with Crippen molar-refractivity contribution in [3.8, 4) is 0 Å². The van der Waals surface area contributed by atoms with Crippen molar-refractivity contribution < 1.29 is 22.3 Å². The Morgan fingerprint density at radius 2 is 1.78 bits per heavy atom. The van der Waals surface area contributed by atoms with Crippen LogP contribution in [0.2, 0.25) is 0 Å². The summed E-state index contributed by atoms with van der Waals surface area (Å²) in [5.41, 5.74) is 0.818. The second-order valence-corrected chi connectivity index (χ2v) is 7.63. The Morgan fingerprint density at radius 3 is 2.44 bits per heavy atom. The molecule has 0 saturated carbocycles. The highest BCUT2D eigenvalue weighted by Gasteiger charge is 2.15. The van der Waals surface area contributed by atoms with Gasteiger partial charge >= 0.3 is 0 Å². The molecule has 0 atom stereocenters. The lowest BCUT2D eigenvalue weighted by Crippen LogP contribution is -2.27. The van der Waals surface area contributed by atoms with Gasteiger partial charge in [-0.25, -0.2) is 17.5 Å². The lowest BCUT2D eigenvalue weighted by atomic mass is 10.1. The van der Waals surface area contributed by atoms with Crippen molar-refractivity contribution in [3.05, 3.63) is 65.5 Å². The molecule has 0 saturated heterocycles. The quantitative estimate of drug-likeness (QED) is 0.605. The van der Waals surface area contributed by atoms with E-state index < -0.39 is 10.0 Å². The minimum atomic E-state index is -3.73. The monoisotopic (exact) mass is 394 g/mol. The molecule has 0 heterocycles. The van der Waals surface area contributed by atoms with Gasteiger partial charge in [0.2, 0.25) is 10.0 Å². The maximum atomic E-state index is 13.6. The third kappa shape index (κ3) is 6.42. The summed E-state index contributed by atoms with van der Waals surface area (Å²) < 4.78 is 45.5. The average molecular weight is 394 g/mol. The Labute approximate surface area is 158 Å². The van der Waals surface area contributed by atoms with Gasteiger partial charge in [0.1, 0.15) is 5.82 Å². The number of rotatable bonds is 10. The molecule has 2 aromatic carbocycles. The van der Waals surface area contributed by atoms with Crippen molar-refractivity contribution in [2.75, 3.05) is 26.8 Å². The highest BCUT2D eigenvalue weighted by atomic mass is 32.2. The second kappa shape index (κ2) is 10.1. The lowest BCUT2D eigenvalue weighted by molar-refractivity contribution is 0.0948. The Hall–Kier alpha value is -2.29. The minimum absolute atomic E-state index is 0.0481. The van der Waals surface area contributed by atoms with Crippen LogP contribution in [0.15, 0.2) is 53.4 Å². The highest BCUT2D eigenvalue weighted by molar-refractivity contribution is 7.89. The van der Waals surface area contributed by atoms with Crippen LogP contribution in [0.5, 0.6) is 0 Å². The number of hydrogen-bond acceptors (Lipinski definition) is 4. The fraction of sp³-hybridized carbons (Fsp3) is 0.316. The first-order valence-corrected chi connectivity index (χ1v) is 10.0. The fourth-order valence-electron chi connectivity index (χ4n) is 2.41. The number of carbonyl (C=O) groups is 1. The molecule has 27 heavy (non-hydrogen) atoms. The van der Waals surface area contributed by atoms with Crippen LogP contribution < -0.4 is 10.0 Å². The number of benzene rings is 2. The Balaban J connectivity index is 1.90. The molecule has 0 bridgehead atoms. The van der Waals surface area contributed by atoms with Gasteiger partial charge < -0.3 is 10.1 Å². The molecule has 2 aromatic rings. The van der Waals surface area contributed by atoms with Gasteiger partial charge in [-0.3, -0.25) is 4.79 Å². The average Bonchev–Trinajstić information content (AvgIpc) is 2.66. The number of ether oxygens (including phenoxy) is 1. The van der Waals surface area contributed by atoms with Gasteiger partial charge in [0.25, 0.3) is 5.91 Å². The van der Waals surface area contributed by atoms with E-state index in [9.17, 15) is 17.6 Å². The number of sulfonamides is 1. The van der Waals surface area contributed by atoms with Crippen molar-refractivity contribution in [2.45, 2.75) is 17.7 Å². The van der Waals surface area contributed by atoms with E-state index in [-0.39, 0.29) is 29.6 Å². The van der Waals surface area contributed by atoms with E-state index in [1.165, 1.54) is 30.3 Å². The number of halogens is 1. The largest absolute Gasteiger partial charge is 0.385 e. The smallest absolute Gasteiger partial charge is 0.251 e.